The Bertz CT molecular complexity index is 347. The highest BCUT2D eigenvalue weighted by molar-refractivity contribution is 9.10. The van der Waals surface area contributed by atoms with E-state index in [1.165, 1.54) is 6.07 Å². The second kappa shape index (κ2) is 4.62. The number of hydrogen-bond acceptors (Lipinski definition) is 1. The van der Waals surface area contributed by atoms with Gasteiger partial charge in [-0.2, -0.15) is 0 Å². The van der Waals surface area contributed by atoms with E-state index in [1.807, 2.05) is 0 Å². The number of benzene rings is 1. The first-order valence-electron chi connectivity index (χ1n) is 5.31. The molecule has 0 unspecified atom stereocenters. The Kier molecular flexibility index (Phi) is 3.42. The van der Waals surface area contributed by atoms with E-state index in [9.17, 15) is 9.50 Å². The first-order chi connectivity index (χ1) is 7.18. The van der Waals surface area contributed by atoms with Crippen LogP contribution in [0.4, 0.5) is 4.39 Å². The molecule has 0 radical (unpaired) electrons. The van der Waals surface area contributed by atoms with E-state index in [0.717, 1.165) is 25.7 Å². The standard InChI is InChI=1S/C12H14BrFO/c13-9-5-6-10(11(14)7-9)12(15)8-3-1-2-4-8/h5-8,12,15H,1-4H2/t12-/m0/s1. The van der Waals surface area contributed by atoms with Crippen LogP contribution in [-0.4, -0.2) is 5.11 Å². The third-order valence-electron chi connectivity index (χ3n) is 3.13. The van der Waals surface area contributed by atoms with Gasteiger partial charge in [0.1, 0.15) is 5.82 Å². The fourth-order valence-corrected chi connectivity index (χ4v) is 2.60. The molecule has 1 aromatic carbocycles. The minimum atomic E-state index is -0.638. The molecular weight excluding hydrogens is 259 g/mol. The number of rotatable bonds is 2. The molecule has 1 saturated carbocycles. The lowest BCUT2D eigenvalue weighted by Crippen LogP contribution is -2.10. The summed E-state index contributed by atoms with van der Waals surface area (Å²) >= 11 is 3.21. The van der Waals surface area contributed by atoms with Gasteiger partial charge < -0.3 is 5.11 Å². The lowest BCUT2D eigenvalue weighted by Gasteiger charge is -2.18. The Hall–Kier alpha value is -0.410. The molecule has 0 aliphatic heterocycles. The van der Waals surface area contributed by atoms with Crippen molar-refractivity contribution in [2.45, 2.75) is 31.8 Å². The number of hydrogen-bond donors (Lipinski definition) is 1. The lowest BCUT2D eigenvalue weighted by atomic mass is 9.94. The average molecular weight is 273 g/mol. The molecule has 0 spiro atoms. The fraction of sp³-hybridized carbons (Fsp3) is 0.500. The summed E-state index contributed by atoms with van der Waals surface area (Å²) in [5.41, 5.74) is 0.435. The van der Waals surface area contributed by atoms with Crippen molar-refractivity contribution in [2.24, 2.45) is 5.92 Å². The third-order valence-corrected chi connectivity index (χ3v) is 3.62. The SMILES string of the molecule is O[C@H](c1ccc(Br)cc1F)C1CCCC1. The topological polar surface area (TPSA) is 20.2 Å². The van der Waals surface area contributed by atoms with E-state index >= 15 is 0 Å². The predicted molar refractivity (Wildman–Crippen MR) is 61.0 cm³/mol. The van der Waals surface area contributed by atoms with E-state index < -0.39 is 6.10 Å². The van der Waals surface area contributed by atoms with E-state index in [-0.39, 0.29) is 11.7 Å². The maximum absolute atomic E-state index is 13.6. The molecule has 1 nitrogen and oxygen atoms in total. The van der Waals surface area contributed by atoms with Gasteiger partial charge in [0.2, 0.25) is 0 Å². The summed E-state index contributed by atoms with van der Waals surface area (Å²) in [6.45, 7) is 0. The Labute approximate surface area is 97.4 Å². The lowest BCUT2D eigenvalue weighted by molar-refractivity contribution is 0.108. The maximum Gasteiger partial charge on any atom is 0.130 e. The Morgan fingerprint density at radius 2 is 2.00 bits per heavy atom. The summed E-state index contributed by atoms with van der Waals surface area (Å²) in [6, 6.07) is 4.85. The Morgan fingerprint density at radius 3 is 2.60 bits per heavy atom. The normalized spacial score (nSPS) is 19.4. The van der Waals surface area contributed by atoms with Crippen molar-refractivity contribution in [2.75, 3.05) is 0 Å². The molecule has 1 aliphatic carbocycles. The van der Waals surface area contributed by atoms with Crippen LogP contribution in [-0.2, 0) is 0 Å². The van der Waals surface area contributed by atoms with E-state index in [4.69, 9.17) is 0 Å². The monoisotopic (exact) mass is 272 g/mol. The van der Waals surface area contributed by atoms with Crippen molar-refractivity contribution in [3.05, 3.63) is 34.1 Å². The molecule has 0 aromatic heterocycles. The van der Waals surface area contributed by atoms with Crippen LogP contribution in [0.2, 0.25) is 0 Å². The molecule has 15 heavy (non-hydrogen) atoms. The molecule has 2 rings (SSSR count). The van der Waals surface area contributed by atoms with E-state index in [1.54, 1.807) is 12.1 Å². The summed E-state index contributed by atoms with van der Waals surface area (Å²) < 4.78 is 14.3. The minimum absolute atomic E-state index is 0.237. The van der Waals surface area contributed by atoms with Gasteiger partial charge in [0.25, 0.3) is 0 Å². The highest BCUT2D eigenvalue weighted by atomic mass is 79.9. The van der Waals surface area contributed by atoms with Gasteiger partial charge in [-0.15, -0.1) is 0 Å². The van der Waals surface area contributed by atoms with Crippen LogP contribution < -0.4 is 0 Å². The second-order valence-corrected chi connectivity index (χ2v) is 5.07. The second-order valence-electron chi connectivity index (χ2n) is 4.16. The highest BCUT2D eigenvalue weighted by Gasteiger charge is 2.26. The van der Waals surface area contributed by atoms with Gasteiger partial charge in [-0.25, -0.2) is 4.39 Å². The average Bonchev–Trinajstić information content (AvgIpc) is 2.69. The predicted octanol–water partition coefficient (Wildman–Crippen LogP) is 3.81. The van der Waals surface area contributed by atoms with Crippen LogP contribution in [0, 0.1) is 11.7 Å². The zero-order valence-electron chi connectivity index (χ0n) is 8.42. The molecule has 82 valence electrons. The fourth-order valence-electron chi connectivity index (χ4n) is 2.27. The van der Waals surface area contributed by atoms with Gasteiger partial charge in [-0.1, -0.05) is 34.8 Å². The molecule has 0 bridgehead atoms. The number of aliphatic hydroxyl groups is 1. The highest BCUT2D eigenvalue weighted by Crippen LogP contribution is 2.36. The Morgan fingerprint density at radius 1 is 1.33 bits per heavy atom. The van der Waals surface area contributed by atoms with E-state index in [2.05, 4.69) is 15.9 Å². The summed E-state index contributed by atoms with van der Waals surface area (Å²) in [6.07, 6.45) is 3.69. The maximum atomic E-state index is 13.6. The molecule has 1 aromatic rings. The number of halogens is 2. The van der Waals surface area contributed by atoms with E-state index in [0.29, 0.717) is 10.0 Å². The van der Waals surface area contributed by atoms with Gasteiger partial charge >= 0.3 is 0 Å². The van der Waals surface area contributed by atoms with Crippen LogP contribution in [0.3, 0.4) is 0 Å². The molecule has 3 heteroatoms. The van der Waals surface area contributed by atoms with Gasteiger partial charge in [0, 0.05) is 10.0 Å². The molecule has 1 atom stereocenters. The summed E-state index contributed by atoms with van der Waals surface area (Å²) in [5, 5.41) is 10.0. The summed E-state index contributed by atoms with van der Waals surface area (Å²) in [4.78, 5) is 0. The molecule has 1 aliphatic rings. The zero-order valence-corrected chi connectivity index (χ0v) is 10.0. The first kappa shape index (κ1) is 11.1. The minimum Gasteiger partial charge on any atom is -0.388 e. The van der Waals surface area contributed by atoms with Crippen molar-refractivity contribution < 1.29 is 9.50 Å². The molecule has 0 saturated heterocycles. The van der Waals surface area contributed by atoms with Crippen molar-refractivity contribution in [3.63, 3.8) is 0 Å². The van der Waals surface area contributed by atoms with Crippen LogP contribution in [0.25, 0.3) is 0 Å². The smallest absolute Gasteiger partial charge is 0.130 e. The third kappa shape index (κ3) is 2.40. The van der Waals surface area contributed by atoms with Gasteiger partial charge in [-0.05, 0) is 30.9 Å². The van der Waals surface area contributed by atoms with Crippen molar-refractivity contribution in [1.82, 2.24) is 0 Å². The van der Waals surface area contributed by atoms with Gasteiger partial charge in [-0.3, -0.25) is 0 Å². The zero-order chi connectivity index (χ0) is 10.8. The van der Waals surface area contributed by atoms with Crippen LogP contribution in [0.15, 0.2) is 22.7 Å². The molecule has 0 amide bonds. The Balaban J connectivity index is 2.20. The molecule has 1 fully saturated rings. The quantitative estimate of drug-likeness (QED) is 0.868. The van der Waals surface area contributed by atoms with Gasteiger partial charge in [0.05, 0.1) is 6.10 Å². The van der Waals surface area contributed by atoms with Crippen molar-refractivity contribution >= 4 is 15.9 Å². The van der Waals surface area contributed by atoms with Crippen LogP contribution in [0.5, 0.6) is 0 Å². The van der Waals surface area contributed by atoms with Crippen LogP contribution >= 0.6 is 15.9 Å². The molecule has 1 N–H and O–H groups in total. The summed E-state index contributed by atoms with van der Waals surface area (Å²) in [7, 11) is 0. The van der Waals surface area contributed by atoms with Gasteiger partial charge in [0.15, 0.2) is 0 Å². The van der Waals surface area contributed by atoms with Crippen molar-refractivity contribution in [3.8, 4) is 0 Å². The molecular formula is C12H14BrFO. The first-order valence-corrected chi connectivity index (χ1v) is 6.11. The largest absolute Gasteiger partial charge is 0.388 e. The van der Waals surface area contributed by atoms with Crippen molar-refractivity contribution in [1.29, 1.82) is 0 Å². The molecule has 0 heterocycles. The summed E-state index contributed by atoms with van der Waals surface area (Å²) in [5.74, 6) is -0.0792. The van der Waals surface area contributed by atoms with Crippen LogP contribution in [0.1, 0.15) is 37.4 Å². The number of aliphatic hydroxyl groups excluding tert-OH is 1.